The van der Waals surface area contributed by atoms with Crippen LogP contribution in [0.4, 0.5) is 0 Å². The molecule has 3 rings (SSSR count). The predicted octanol–water partition coefficient (Wildman–Crippen LogP) is 1.05. The van der Waals surface area contributed by atoms with Crippen molar-refractivity contribution in [3.63, 3.8) is 0 Å². The normalized spacial score (nSPS) is 20.0. The van der Waals surface area contributed by atoms with Crippen molar-refractivity contribution in [2.45, 2.75) is 32.4 Å². The molecular weight excluding hydrogens is 326 g/mol. The Kier molecular flexibility index (Phi) is 5.22. The summed E-state index contributed by atoms with van der Waals surface area (Å²) in [6.07, 6.45) is 2.17. The molecule has 132 valence electrons. The summed E-state index contributed by atoms with van der Waals surface area (Å²) in [7, 11) is -3.08. The van der Waals surface area contributed by atoms with E-state index < -0.39 is 10.0 Å². The lowest BCUT2D eigenvalue weighted by atomic mass is 10.1. The average Bonchev–Trinajstić information content (AvgIpc) is 3.40. The van der Waals surface area contributed by atoms with Gasteiger partial charge in [0, 0.05) is 44.3 Å². The lowest BCUT2D eigenvalue weighted by Gasteiger charge is -2.33. The fourth-order valence-corrected chi connectivity index (χ4v) is 3.95. The summed E-state index contributed by atoms with van der Waals surface area (Å²) in [6, 6.07) is 8.07. The van der Waals surface area contributed by atoms with Gasteiger partial charge in [-0.2, -0.15) is 4.31 Å². The third kappa shape index (κ3) is 4.34. The smallest absolute Gasteiger partial charge is 0.251 e. The van der Waals surface area contributed by atoms with E-state index in [1.807, 2.05) is 24.3 Å². The molecule has 24 heavy (non-hydrogen) atoms. The molecular formula is C17H25N3O3S. The third-order valence-electron chi connectivity index (χ3n) is 4.62. The summed E-state index contributed by atoms with van der Waals surface area (Å²) in [5, 5.41) is 2.98. The number of hydrogen-bond acceptors (Lipinski definition) is 4. The van der Waals surface area contributed by atoms with Crippen molar-refractivity contribution in [3.8, 4) is 0 Å². The summed E-state index contributed by atoms with van der Waals surface area (Å²) in [5.74, 6) is 0.166. The number of carbonyl (C=O) groups excluding carboxylic acids is 1. The van der Waals surface area contributed by atoms with Crippen LogP contribution < -0.4 is 5.32 Å². The molecule has 2 aliphatic rings. The quantitative estimate of drug-likeness (QED) is 0.832. The largest absolute Gasteiger partial charge is 0.349 e. The van der Waals surface area contributed by atoms with Crippen LogP contribution in [0.25, 0.3) is 0 Å². The fraction of sp³-hybridized carbons (Fsp3) is 0.588. The second-order valence-electron chi connectivity index (χ2n) is 6.52. The van der Waals surface area contributed by atoms with E-state index in [4.69, 9.17) is 0 Å². The fourth-order valence-electron chi connectivity index (χ4n) is 2.86. The lowest BCUT2D eigenvalue weighted by molar-refractivity contribution is 0.0951. The number of carbonyl (C=O) groups is 1. The molecule has 1 amide bonds. The number of rotatable bonds is 6. The van der Waals surface area contributed by atoms with Gasteiger partial charge in [-0.15, -0.1) is 0 Å². The Morgan fingerprint density at radius 3 is 2.29 bits per heavy atom. The van der Waals surface area contributed by atoms with Crippen LogP contribution in [0, 0.1) is 0 Å². The number of nitrogens with one attached hydrogen (secondary N) is 1. The van der Waals surface area contributed by atoms with Crippen LogP contribution in [0.15, 0.2) is 24.3 Å². The molecule has 1 aliphatic carbocycles. The molecule has 1 aromatic carbocycles. The first-order valence-corrected chi connectivity index (χ1v) is 10.2. The average molecular weight is 351 g/mol. The van der Waals surface area contributed by atoms with E-state index in [9.17, 15) is 13.2 Å². The van der Waals surface area contributed by atoms with Crippen molar-refractivity contribution in [1.29, 1.82) is 0 Å². The molecule has 2 fully saturated rings. The second kappa shape index (κ2) is 7.21. The minimum absolute atomic E-state index is 0.00226. The molecule has 7 heteroatoms. The summed E-state index contributed by atoms with van der Waals surface area (Å²) < 4.78 is 25.3. The van der Waals surface area contributed by atoms with E-state index in [1.165, 1.54) is 0 Å². The van der Waals surface area contributed by atoms with Gasteiger partial charge in [0.15, 0.2) is 0 Å². The number of benzene rings is 1. The van der Waals surface area contributed by atoms with Crippen molar-refractivity contribution in [2.75, 3.05) is 31.9 Å². The molecule has 1 heterocycles. The zero-order chi connectivity index (χ0) is 17.2. The Morgan fingerprint density at radius 1 is 1.12 bits per heavy atom. The highest BCUT2D eigenvalue weighted by Gasteiger charge is 2.26. The van der Waals surface area contributed by atoms with Crippen LogP contribution in [-0.4, -0.2) is 61.5 Å². The zero-order valence-corrected chi connectivity index (χ0v) is 14.9. The van der Waals surface area contributed by atoms with Gasteiger partial charge in [-0.25, -0.2) is 8.42 Å². The third-order valence-corrected chi connectivity index (χ3v) is 6.51. The van der Waals surface area contributed by atoms with Crippen LogP contribution in [-0.2, 0) is 16.6 Å². The van der Waals surface area contributed by atoms with Crippen LogP contribution in [0.3, 0.4) is 0 Å². The van der Waals surface area contributed by atoms with Gasteiger partial charge in [0.1, 0.15) is 0 Å². The lowest BCUT2D eigenvalue weighted by Crippen LogP contribution is -2.48. The van der Waals surface area contributed by atoms with Crippen molar-refractivity contribution in [1.82, 2.24) is 14.5 Å². The maximum atomic E-state index is 12.0. The molecule has 0 radical (unpaired) electrons. The molecule has 1 aromatic rings. The summed E-state index contributed by atoms with van der Waals surface area (Å²) >= 11 is 0. The van der Waals surface area contributed by atoms with E-state index in [-0.39, 0.29) is 11.7 Å². The Hall–Kier alpha value is -1.44. The Bertz CT molecular complexity index is 676. The molecule has 1 N–H and O–H groups in total. The second-order valence-corrected chi connectivity index (χ2v) is 8.78. The predicted molar refractivity (Wildman–Crippen MR) is 93.2 cm³/mol. The van der Waals surface area contributed by atoms with Crippen LogP contribution in [0.1, 0.15) is 35.7 Å². The van der Waals surface area contributed by atoms with Crippen LogP contribution >= 0.6 is 0 Å². The molecule has 6 nitrogen and oxygen atoms in total. The van der Waals surface area contributed by atoms with Crippen LogP contribution in [0.2, 0.25) is 0 Å². The maximum Gasteiger partial charge on any atom is 0.251 e. The van der Waals surface area contributed by atoms with E-state index in [2.05, 4.69) is 10.2 Å². The maximum absolute atomic E-state index is 12.0. The molecule has 1 saturated heterocycles. The SMILES string of the molecule is CCS(=O)(=O)N1CCN(Cc2ccc(C(=O)NC3CC3)cc2)CC1. The first-order valence-electron chi connectivity index (χ1n) is 8.58. The molecule has 0 atom stereocenters. The first kappa shape index (κ1) is 17.4. The summed E-state index contributed by atoms with van der Waals surface area (Å²) in [4.78, 5) is 14.2. The number of nitrogens with zero attached hydrogens (tertiary/aromatic N) is 2. The molecule has 0 unspecified atom stereocenters. The highest BCUT2D eigenvalue weighted by molar-refractivity contribution is 7.89. The first-order chi connectivity index (χ1) is 11.5. The highest BCUT2D eigenvalue weighted by Crippen LogP contribution is 2.19. The number of amides is 1. The van der Waals surface area contributed by atoms with Gasteiger partial charge in [0.2, 0.25) is 10.0 Å². The minimum Gasteiger partial charge on any atom is -0.349 e. The Morgan fingerprint density at radius 2 is 1.75 bits per heavy atom. The number of piperazine rings is 1. The molecule has 1 saturated carbocycles. The van der Waals surface area contributed by atoms with E-state index in [0.29, 0.717) is 24.7 Å². The van der Waals surface area contributed by atoms with Crippen molar-refractivity contribution >= 4 is 15.9 Å². The molecule has 0 bridgehead atoms. The Balaban J connectivity index is 1.51. The topological polar surface area (TPSA) is 69.7 Å². The van der Waals surface area contributed by atoms with Gasteiger partial charge in [-0.05, 0) is 37.5 Å². The van der Waals surface area contributed by atoms with Gasteiger partial charge in [-0.3, -0.25) is 9.69 Å². The van der Waals surface area contributed by atoms with Gasteiger partial charge in [0.25, 0.3) is 5.91 Å². The van der Waals surface area contributed by atoms with Gasteiger partial charge in [-0.1, -0.05) is 12.1 Å². The van der Waals surface area contributed by atoms with Gasteiger partial charge in [0.05, 0.1) is 5.75 Å². The van der Waals surface area contributed by atoms with Crippen molar-refractivity contribution < 1.29 is 13.2 Å². The van der Waals surface area contributed by atoms with Gasteiger partial charge >= 0.3 is 0 Å². The van der Waals surface area contributed by atoms with E-state index in [0.717, 1.165) is 38.0 Å². The van der Waals surface area contributed by atoms with Crippen molar-refractivity contribution in [2.24, 2.45) is 0 Å². The summed E-state index contributed by atoms with van der Waals surface area (Å²) in [6.45, 7) is 5.05. The number of hydrogen-bond donors (Lipinski definition) is 1. The molecule has 0 aromatic heterocycles. The standard InChI is InChI=1S/C17H25N3O3S/c1-2-24(22,23)20-11-9-19(10-12-20)13-14-3-5-15(6-4-14)17(21)18-16-7-8-16/h3-6,16H,2,7-13H2,1H3,(H,18,21). The monoisotopic (exact) mass is 351 g/mol. The molecule has 0 spiro atoms. The van der Waals surface area contributed by atoms with Gasteiger partial charge < -0.3 is 5.32 Å². The summed E-state index contributed by atoms with van der Waals surface area (Å²) in [5.41, 5.74) is 1.84. The Labute approximate surface area is 143 Å². The minimum atomic E-state index is -3.08. The van der Waals surface area contributed by atoms with E-state index in [1.54, 1.807) is 11.2 Å². The highest BCUT2D eigenvalue weighted by atomic mass is 32.2. The van der Waals surface area contributed by atoms with Crippen molar-refractivity contribution in [3.05, 3.63) is 35.4 Å². The molecule has 1 aliphatic heterocycles. The zero-order valence-electron chi connectivity index (χ0n) is 14.1. The number of sulfonamides is 1. The van der Waals surface area contributed by atoms with E-state index >= 15 is 0 Å². The van der Waals surface area contributed by atoms with Crippen LogP contribution in [0.5, 0.6) is 0 Å².